The van der Waals surface area contributed by atoms with Gasteiger partial charge >= 0.3 is 6.18 Å². The van der Waals surface area contributed by atoms with Crippen LogP contribution in [0.1, 0.15) is 29.7 Å². The molecule has 0 atom stereocenters. The van der Waals surface area contributed by atoms with Crippen LogP contribution in [0, 0.1) is 6.92 Å². The summed E-state index contributed by atoms with van der Waals surface area (Å²) in [6.07, 6.45) is -1.70. The van der Waals surface area contributed by atoms with Crippen LogP contribution in [0.4, 0.5) is 19.0 Å². The Morgan fingerprint density at radius 2 is 1.86 bits per heavy atom. The molecule has 3 aromatic heterocycles. The number of rotatable bonds is 6. The van der Waals surface area contributed by atoms with E-state index in [1.807, 2.05) is 37.3 Å². The van der Waals surface area contributed by atoms with Crippen molar-refractivity contribution >= 4 is 16.7 Å². The predicted molar refractivity (Wildman–Crippen MR) is 130 cm³/mol. The van der Waals surface area contributed by atoms with Crippen LogP contribution >= 0.6 is 0 Å². The van der Waals surface area contributed by atoms with Crippen molar-refractivity contribution in [3.63, 3.8) is 0 Å². The molecule has 1 fully saturated rings. The van der Waals surface area contributed by atoms with E-state index < -0.39 is 11.7 Å². The maximum atomic E-state index is 13.5. The fourth-order valence-corrected chi connectivity index (χ4v) is 4.40. The molecule has 10 heteroatoms. The first-order valence-electron chi connectivity index (χ1n) is 11.7. The van der Waals surface area contributed by atoms with Crippen molar-refractivity contribution in [2.45, 2.75) is 38.5 Å². The fraction of sp³-hybridized carbons (Fsp3) is 0.346. The van der Waals surface area contributed by atoms with Gasteiger partial charge in [-0.15, -0.1) is 0 Å². The largest absolute Gasteiger partial charge is 0.497 e. The molecule has 4 aromatic rings. The molecule has 0 unspecified atom stereocenters. The van der Waals surface area contributed by atoms with E-state index in [4.69, 9.17) is 19.6 Å². The summed E-state index contributed by atoms with van der Waals surface area (Å²) in [6, 6.07) is 11.6. The summed E-state index contributed by atoms with van der Waals surface area (Å²) in [7, 11) is 1.60. The van der Waals surface area contributed by atoms with E-state index in [1.54, 1.807) is 11.8 Å². The highest BCUT2D eigenvalue weighted by atomic mass is 19.4. The van der Waals surface area contributed by atoms with Gasteiger partial charge in [-0.25, -0.2) is 4.98 Å². The van der Waals surface area contributed by atoms with Crippen LogP contribution in [0.2, 0.25) is 0 Å². The van der Waals surface area contributed by atoms with Crippen molar-refractivity contribution in [3.05, 3.63) is 65.5 Å². The van der Waals surface area contributed by atoms with Gasteiger partial charge in [0.05, 0.1) is 35.8 Å². The minimum Gasteiger partial charge on any atom is -0.497 e. The molecule has 1 aliphatic rings. The first-order chi connectivity index (χ1) is 17.3. The molecule has 4 heterocycles. The Balaban J connectivity index is 1.65. The standard InChI is InChI=1S/C26H26F3N5O2/c1-16-13-22-23(25(31-16)32-19-8-11-36-12-9-19)24(21-14-18(7-10-30-21)26(27,28)29)33-34(22)15-17-3-5-20(35-2)6-4-17/h3-7,10,13-14,19H,8-9,11-12,15H2,1-2H3,(H,31,32). The molecule has 188 valence electrons. The second kappa shape index (κ2) is 9.77. The monoisotopic (exact) mass is 497 g/mol. The average Bonchev–Trinajstić information content (AvgIpc) is 3.23. The molecule has 0 amide bonds. The lowest BCUT2D eigenvalue weighted by molar-refractivity contribution is -0.137. The smallest absolute Gasteiger partial charge is 0.416 e. The molecular formula is C26H26F3N5O2. The Labute approximate surface area is 206 Å². The minimum atomic E-state index is -4.49. The minimum absolute atomic E-state index is 0.142. The Kier molecular flexibility index (Phi) is 6.53. The van der Waals surface area contributed by atoms with Crippen LogP contribution in [0.15, 0.2) is 48.7 Å². The number of nitrogens with zero attached hydrogens (tertiary/aromatic N) is 4. The summed E-state index contributed by atoms with van der Waals surface area (Å²) < 4.78 is 53.0. The van der Waals surface area contributed by atoms with E-state index in [2.05, 4.69) is 10.3 Å². The normalized spacial score (nSPS) is 14.8. The lowest BCUT2D eigenvalue weighted by Gasteiger charge is -2.24. The predicted octanol–water partition coefficient (Wildman–Crippen LogP) is 5.47. The molecule has 1 aromatic carbocycles. The summed E-state index contributed by atoms with van der Waals surface area (Å²) in [4.78, 5) is 8.98. The Morgan fingerprint density at radius 3 is 2.56 bits per heavy atom. The highest BCUT2D eigenvalue weighted by molar-refractivity contribution is 6.00. The van der Waals surface area contributed by atoms with E-state index in [0.717, 1.165) is 47.5 Å². The second-order valence-electron chi connectivity index (χ2n) is 8.82. The first-order valence-corrected chi connectivity index (χ1v) is 11.7. The van der Waals surface area contributed by atoms with Crippen molar-refractivity contribution in [1.29, 1.82) is 0 Å². The van der Waals surface area contributed by atoms with Crippen LogP contribution in [0.25, 0.3) is 22.3 Å². The average molecular weight is 498 g/mol. The van der Waals surface area contributed by atoms with Crippen LogP contribution in [-0.4, -0.2) is 46.1 Å². The quantitative estimate of drug-likeness (QED) is 0.381. The van der Waals surface area contributed by atoms with Gasteiger partial charge in [-0.2, -0.15) is 18.3 Å². The van der Waals surface area contributed by atoms with Gasteiger partial charge in [-0.3, -0.25) is 9.67 Å². The summed E-state index contributed by atoms with van der Waals surface area (Å²) in [6.45, 7) is 3.60. The highest BCUT2D eigenvalue weighted by Crippen LogP contribution is 2.36. The third-order valence-electron chi connectivity index (χ3n) is 6.25. The number of methoxy groups -OCH3 is 1. The molecule has 0 saturated carbocycles. The number of ether oxygens (including phenoxy) is 2. The summed E-state index contributed by atoms with van der Waals surface area (Å²) in [5.74, 6) is 1.33. The summed E-state index contributed by atoms with van der Waals surface area (Å²) >= 11 is 0. The zero-order valence-electron chi connectivity index (χ0n) is 20.0. The van der Waals surface area contributed by atoms with Gasteiger partial charge < -0.3 is 14.8 Å². The number of nitrogens with one attached hydrogen (secondary N) is 1. The molecule has 36 heavy (non-hydrogen) atoms. The Morgan fingerprint density at radius 1 is 1.11 bits per heavy atom. The summed E-state index contributed by atoms with van der Waals surface area (Å²) in [5, 5.41) is 8.91. The number of benzene rings is 1. The number of halogens is 3. The molecule has 0 spiro atoms. The van der Waals surface area contributed by atoms with Crippen molar-refractivity contribution in [2.24, 2.45) is 0 Å². The molecule has 0 bridgehead atoms. The number of anilines is 1. The number of aromatic nitrogens is 4. The van der Waals surface area contributed by atoms with Gasteiger partial charge in [0.15, 0.2) is 0 Å². The van der Waals surface area contributed by atoms with E-state index in [9.17, 15) is 13.2 Å². The van der Waals surface area contributed by atoms with Gasteiger partial charge in [-0.1, -0.05) is 12.1 Å². The molecule has 1 aliphatic heterocycles. The van der Waals surface area contributed by atoms with Gasteiger partial charge in [0.1, 0.15) is 17.3 Å². The number of hydrogen-bond acceptors (Lipinski definition) is 6. The number of hydrogen-bond donors (Lipinski definition) is 1. The number of alkyl halides is 3. The molecule has 1 N–H and O–H groups in total. The molecule has 5 rings (SSSR count). The maximum Gasteiger partial charge on any atom is 0.416 e. The maximum absolute atomic E-state index is 13.5. The van der Waals surface area contributed by atoms with Gasteiger partial charge in [0.2, 0.25) is 0 Å². The van der Waals surface area contributed by atoms with Crippen LogP contribution in [0.5, 0.6) is 5.75 Å². The van der Waals surface area contributed by atoms with Crippen LogP contribution in [-0.2, 0) is 17.5 Å². The molecule has 1 saturated heterocycles. The SMILES string of the molecule is COc1ccc(Cn2nc(-c3cc(C(F)(F)F)ccn3)c3c(NC4CCOCC4)nc(C)cc32)cc1. The Bertz CT molecular complexity index is 1360. The number of aryl methyl sites for hydroxylation is 1. The van der Waals surface area contributed by atoms with Crippen molar-refractivity contribution < 1.29 is 22.6 Å². The van der Waals surface area contributed by atoms with Crippen molar-refractivity contribution in [2.75, 3.05) is 25.6 Å². The third kappa shape index (κ3) is 4.99. The van der Waals surface area contributed by atoms with Crippen LogP contribution < -0.4 is 10.1 Å². The van der Waals surface area contributed by atoms with Crippen molar-refractivity contribution in [3.8, 4) is 17.1 Å². The van der Waals surface area contributed by atoms with E-state index in [1.165, 1.54) is 6.20 Å². The highest BCUT2D eigenvalue weighted by Gasteiger charge is 2.31. The fourth-order valence-electron chi connectivity index (χ4n) is 4.40. The number of fused-ring (bicyclic) bond motifs is 1. The second-order valence-corrected chi connectivity index (χ2v) is 8.82. The van der Waals surface area contributed by atoms with Gasteiger partial charge in [0.25, 0.3) is 0 Å². The van der Waals surface area contributed by atoms with Gasteiger partial charge in [0, 0.05) is 31.1 Å². The number of pyridine rings is 2. The molecular weight excluding hydrogens is 471 g/mol. The zero-order valence-corrected chi connectivity index (χ0v) is 20.0. The van der Waals surface area contributed by atoms with E-state index in [-0.39, 0.29) is 11.7 Å². The first kappa shape index (κ1) is 24.1. The molecule has 0 radical (unpaired) electrons. The molecule has 0 aliphatic carbocycles. The van der Waals surface area contributed by atoms with Crippen molar-refractivity contribution in [1.82, 2.24) is 19.7 Å². The van der Waals surface area contributed by atoms with Crippen LogP contribution in [0.3, 0.4) is 0 Å². The van der Waals surface area contributed by atoms with E-state index >= 15 is 0 Å². The zero-order chi connectivity index (χ0) is 25.3. The lowest BCUT2D eigenvalue weighted by atomic mass is 10.1. The topological polar surface area (TPSA) is 74.1 Å². The third-order valence-corrected chi connectivity index (χ3v) is 6.25. The van der Waals surface area contributed by atoms with Gasteiger partial charge in [-0.05, 0) is 55.7 Å². The Hall–Kier alpha value is -3.66. The summed E-state index contributed by atoms with van der Waals surface area (Å²) in [5.41, 5.74) is 2.23. The molecule has 7 nitrogen and oxygen atoms in total. The van der Waals surface area contributed by atoms with E-state index in [0.29, 0.717) is 36.7 Å². The lowest BCUT2D eigenvalue weighted by Crippen LogP contribution is -2.28.